The third kappa shape index (κ3) is 8.15. The summed E-state index contributed by atoms with van der Waals surface area (Å²) in [6.07, 6.45) is 10.2. The number of alkyl halides is 1. The van der Waals surface area contributed by atoms with Crippen LogP contribution in [0.4, 0.5) is 8.78 Å². The second-order valence-electron chi connectivity index (χ2n) is 18.5. The number of amides is 2. The molecule has 4 aromatic heterocycles. The van der Waals surface area contributed by atoms with E-state index in [9.17, 15) is 14.0 Å². The monoisotopic (exact) mass is 890 g/mol. The molecule has 12 nitrogen and oxygen atoms in total. The fourth-order valence-electron chi connectivity index (χ4n) is 9.94. The second-order valence-corrected chi connectivity index (χ2v) is 19.6. The van der Waals surface area contributed by atoms with E-state index in [2.05, 4.69) is 55.2 Å². The molecule has 3 atom stereocenters. The van der Waals surface area contributed by atoms with Crippen molar-refractivity contribution in [2.24, 2.45) is 5.92 Å². The van der Waals surface area contributed by atoms with Crippen molar-refractivity contribution in [2.45, 2.75) is 109 Å². The Hall–Kier alpha value is -5.38. The summed E-state index contributed by atoms with van der Waals surface area (Å²) in [5.74, 6) is 2.07. The standard InChI is InChI=1S/C49H56F2N8O4S/c1-5-16-57(47(61)45(52-4)49(2,3)51)27-42-53-25-35(55-42)31-22-33(50)44-38-23-32-21-30(10-11-36(32)59(38)48(63-39(44)24-31)41-13-12-40(64-41)29-8-9-29)34-26-54-46(56-34)37-7-6-17-58(37)43(60)20-28-14-18-62-19-15-28/h10-13,21-26,28-29,37,45,48,52H,5-9,14-20,27H2,1-4H3,(H,53,55)(H,54,56). The zero-order chi connectivity index (χ0) is 44.3. The zero-order valence-corrected chi connectivity index (χ0v) is 37.7. The molecule has 10 rings (SSSR count). The Bertz CT molecular complexity index is 2690. The van der Waals surface area contributed by atoms with E-state index in [1.54, 1.807) is 29.5 Å². The van der Waals surface area contributed by atoms with Crippen LogP contribution in [0.1, 0.15) is 112 Å². The summed E-state index contributed by atoms with van der Waals surface area (Å²) in [5.41, 5.74) is 3.16. The summed E-state index contributed by atoms with van der Waals surface area (Å²) in [6.45, 7) is 7.50. The largest absolute Gasteiger partial charge is 0.464 e. The molecule has 4 aliphatic rings. The number of thiophene rings is 1. The summed E-state index contributed by atoms with van der Waals surface area (Å²) < 4.78 is 46.3. The number of hydrogen-bond acceptors (Lipinski definition) is 8. The zero-order valence-electron chi connectivity index (χ0n) is 36.9. The number of nitrogens with zero attached hydrogens (tertiary/aromatic N) is 5. The molecular formula is C49H56F2N8O4S. The van der Waals surface area contributed by atoms with Crippen molar-refractivity contribution in [3.8, 4) is 39.5 Å². The van der Waals surface area contributed by atoms with E-state index in [4.69, 9.17) is 14.5 Å². The molecule has 64 heavy (non-hydrogen) atoms. The minimum atomic E-state index is -1.77. The molecule has 1 saturated carbocycles. The van der Waals surface area contributed by atoms with Crippen molar-refractivity contribution in [2.75, 3.05) is 33.4 Å². The van der Waals surface area contributed by atoms with Gasteiger partial charge in [0.2, 0.25) is 18.0 Å². The predicted octanol–water partition coefficient (Wildman–Crippen LogP) is 9.66. The highest BCUT2D eigenvalue weighted by Crippen LogP contribution is 2.50. The molecule has 0 bridgehead atoms. The van der Waals surface area contributed by atoms with Gasteiger partial charge >= 0.3 is 0 Å². The molecule has 3 aliphatic heterocycles. The third-order valence-corrected chi connectivity index (χ3v) is 14.7. The number of halogens is 2. The molecule has 336 valence electrons. The van der Waals surface area contributed by atoms with Gasteiger partial charge in [0.1, 0.15) is 34.9 Å². The van der Waals surface area contributed by atoms with Crippen LogP contribution in [-0.4, -0.2) is 91.2 Å². The summed E-state index contributed by atoms with van der Waals surface area (Å²) in [6, 6.07) is 14.9. The van der Waals surface area contributed by atoms with Crippen LogP contribution in [-0.2, 0) is 20.9 Å². The van der Waals surface area contributed by atoms with Gasteiger partial charge in [-0.25, -0.2) is 18.7 Å². The van der Waals surface area contributed by atoms with Crippen molar-refractivity contribution >= 4 is 34.1 Å². The van der Waals surface area contributed by atoms with Crippen LogP contribution in [0.5, 0.6) is 5.75 Å². The van der Waals surface area contributed by atoms with Gasteiger partial charge in [0.25, 0.3) is 0 Å². The number of fused-ring (bicyclic) bond motifs is 5. The molecule has 3 unspecified atom stereocenters. The number of hydrogen-bond donors (Lipinski definition) is 3. The predicted molar refractivity (Wildman–Crippen MR) is 243 cm³/mol. The maximum Gasteiger partial charge on any atom is 0.243 e. The smallest absolute Gasteiger partial charge is 0.243 e. The Kier molecular flexibility index (Phi) is 11.4. The first-order chi connectivity index (χ1) is 31.0. The lowest BCUT2D eigenvalue weighted by Gasteiger charge is -2.31. The molecule has 2 amide bonds. The van der Waals surface area contributed by atoms with Crippen molar-refractivity contribution in [1.29, 1.82) is 0 Å². The lowest BCUT2D eigenvalue weighted by Crippen LogP contribution is -2.54. The van der Waals surface area contributed by atoms with Crippen molar-refractivity contribution in [1.82, 2.24) is 39.6 Å². The van der Waals surface area contributed by atoms with Gasteiger partial charge in [-0.1, -0.05) is 13.0 Å². The van der Waals surface area contributed by atoms with Crippen LogP contribution >= 0.6 is 11.3 Å². The number of benzene rings is 2. The highest BCUT2D eigenvalue weighted by atomic mass is 32.1. The first-order valence-corrected chi connectivity index (χ1v) is 23.7. The number of imidazole rings is 2. The van der Waals surface area contributed by atoms with E-state index in [0.717, 1.165) is 78.3 Å². The minimum absolute atomic E-state index is 0.0836. The van der Waals surface area contributed by atoms with Gasteiger partial charge in [-0.05, 0) is 120 Å². The third-order valence-electron chi connectivity index (χ3n) is 13.4. The first kappa shape index (κ1) is 42.6. The van der Waals surface area contributed by atoms with E-state index in [0.29, 0.717) is 65.3 Å². The van der Waals surface area contributed by atoms with E-state index in [1.165, 1.54) is 37.6 Å². The van der Waals surface area contributed by atoms with Crippen LogP contribution in [0.3, 0.4) is 0 Å². The van der Waals surface area contributed by atoms with Crippen molar-refractivity contribution in [3.63, 3.8) is 0 Å². The van der Waals surface area contributed by atoms with Gasteiger partial charge in [-0.2, -0.15) is 0 Å². The normalized spacial score (nSPS) is 19.4. The van der Waals surface area contributed by atoms with Crippen LogP contribution in [0.2, 0.25) is 0 Å². The van der Waals surface area contributed by atoms with Crippen molar-refractivity contribution in [3.05, 3.63) is 88.1 Å². The van der Waals surface area contributed by atoms with E-state index < -0.39 is 23.8 Å². The fraction of sp³-hybridized carbons (Fsp3) is 0.469. The Morgan fingerprint density at radius 2 is 1.77 bits per heavy atom. The molecule has 0 radical (unpaired) electrons. The number of H-pyrrole nitrogens is 2. The maximum atomic E-state index is 16.8. The van der Waals surface area contributed by atoms with Crippen LogP contribution < -0.4 is 10.1 Å². The van der Waals surface area contributed by atoms with Gasteiger partial charge in [-0.3, -0.25) is 14.2 Å². The molecule has 2 saturated heterocycles. The van der Waals surface area contributed by atoms with Crippen LogP contribution in [0.25, 0.3) is 44.7 Å². The molecular weight excluding hydrogens is 835 g/mol. The number of aromatic amines is 2. The minimum Gasteiger partial charge on any atom is -0.464 e. The average Bonchev–Trinajstić information content (AvgIpc) is 3.86. The number of nitrogens with one attached hydrogen (secondary N) is 3. The van der Waals surface area contributed by atoms with Gasteiger partial charge in [0, 0.05) is 54.1 Å². The molecule has 2 aromatic carbocycles. The molecule has 3 N–H and O–H groups in total. The van der Waals surface area contributed by atoms with Gasteiger partial charge < -0.3 is 34.6 Å². The number of aromatic nitrogens is 5. The molecule has 7 heterocycles. The summed E-state index contributed by atoms with van der Waals surface area (Å²) >= 11 is 1.75. The van der Waals surface area contributed by atoms with Crippen LogP contribution in [0.15, 0.2) is 60.9 Å². The number of carbonyl (C=O) groups is 2. The van der Waals surface area contributed by atoms with Gasteiger partial charge in [0.05, 0.1) is 58.0 Å². The fourth-order valence-corrected chi connectivity index (χ4v) is 11.1. The highest BCUT2D eigenvalue weighted by Gasteiger charge is 2.38. The Labute approximate surface area is 375 Å². The molecule has 0 spiro atoms. The molecule has 6 aromatic rings. The number of rotatable bonds is 14. The van der Waals surface area contributed by atoms with E-state index >= 15 is 4.39 Å². The molecule has 3 fully saturated rings. The average molecular weight is 891 g/mol. The number of likely N-dealkylation sites (tertiary alicyclic amines) is 1. The molecule has 1 aliphatic carbocycles. The van der Waals surface area contributed by atoms with Crippen molar-refractivity contribution < 1.29 is 27.8 Å². The topological polar surface area (TPSA) is 133 Å². The quantitative estimate of drug-likeness (QED) is 0.0992. The number of carbonyl (C=O) groups excluding carboxylic acids is 2. The van der Waals surface area contributed by atoms with E-state index in [1.807, 2.05) is 30.2 Å². The lowest BCUT2D eigenvalue weighted by atomic mass is 9.96. The van der Waals surface area contributed by atoms with Crippen LogP contribution in [0, 0.1) is 11.7 Å². The van der Waals surface area contributed by atoms with Gasteiger partial charge in [0.15, 0.2) is 0 Å². The Morgan fingerprint density at radius 1 is 0.984 bits per heavy atom. The summed E-state index contributed by atoms with van der Waals surface area (Å²) in [4.78, 5) is 49.2. The SMILES string of the molecule is CCCN(Cc1ncc(-c2cc(F)c3c(c2)OC(c2ccc(C4CC4)s2)n2c-3cc3cc(-c4cnc(C5CCCN5C(=O)CC5CCOCC5)[nH]4)ccc32)[nH]1)C(=O)C(NC)C(C)(C)F. The maximum absolute atomic E-state index is 16.8. The summed E-state index contributed by atoms with van der Waals surface area (Å²) in [7, 11) is 1.58. The second kappa shape index (κ2) is 17.2. The first-order valence-electron chi connectivity index (χ1n) is 22.8. The number of likely N-dealkylation sites (N-methyl/N-ethyl adjacent to an activating group) is 1. The summed E-state index contributed by atoms with van der Waals surface area (Å²) in [5, 5.41) is 3.77. The highest BCUT2D eigenvalue weighted by molar-refractivity contribution is 7.12. The Morgan fingerprint density at radius 3 is 2.53 bits per heavy atom. The lowest BCUT2D eigenvalue weighted by molar-refractivity contribution is -0.137. The Balaban J connectivity index is 0.957. The van der Waals surface area contributed by atoms with E-state index in [-0.39, 0.29) is 24.4 Å². The van der Waals surface area contributed by atoms with Gasteiger partial charge in [-0.15, -0.1) is 11.3 Å². The molecule has 15 heteroatoms. The number of ether oxygens (including phenoxy) is 2.